The van der Waals surface area contributed by atoms with E-state index in [1.807, 2.05) is 11.8 Å². The van der Waals surface area contributed by atoms with E-state index in [1.165, 1.54) is 12.1 Å². The van der Waals surface area contributed by atoms with E-state index in [0.717, 1.165) is 18.1 Å². The molecular weight excluding hydrogens is 237 g/mol. The minimum atomic E-state index is -0.349. The second-order valence-electron chi connectivity index (χ2n) is 4.33. The summed E-state index contributed by atoms with van der Waals surface area (Å²) in [5, 5.41) is 0. The molecular formula is C13H16FNOS. The van der Waals surface area contributed by atoms with Crippen molar-refractivity contribution in [3.05, 3.63) is 35.6 Å². The molecule has 1 fully saturated rings. The largest absolute Gasteiger partial charge is 0.293 e. The summed E-state index contributed by atoms with van der Waals surface area (Å²) in [5.41, 5.74) is 0.468. The fourth-order valence-corrected chi connectivity index (χ4v) is 3.02. The number of hydrogen-bond donors (Lipinski definition) is 0. The van der Waals surface area contributed by atoms with Crippen LogP contribution in [0.4, 0.5) is 4.39 Å². The number of halogens is 1. The molecule has 0 aromatic heterocycles. The Hall–Kier alpha value is -0.870. The maximum absolute atomic E-state index is 13.0. The Morgan fingerprint density at radius 1 is 1.59 bits per heavy atom. The van der Waals surface area contributed by atoms with Gasteiger partial charge in [-0.3, -0.25) is 9.69 Å². The maximum Gasteiger partial charge on any atom is 0.176 e. The molecule has 2 nitrogen and oxygen atoms in total. The van der Waals surface area contributed by atoms with Crippen LogP contribution in [0.2, 0.25) is 0 Å². The molecule has 1 atom stereocenters. The molecule has 1 aromatic rings. The average molecular weight is 253 g/mol. The summed E-state index contributed by atoms with van der Waals surface area (Å²) in [6, 6.07) is 6.35. The number of hydrogen-bond acceptors (Lipinski definition) is 3. The minimum absolute atomic E-state index is 0.00301. The van der Waals surface area contributed by atoms with Gasteiger partial charge < -0.3 is 0 Å². The van der Waals surface area contributed by atoms with Crippen LogP contribution in [0.5, 0.6) is 0 Å². The van der Waals surface area contributed by atoms with Gasteiger partial charge in [-0.15, -0.1) is 0 Å². The Bertz CT molecular complexity index is 410. The van der Waals surface area contributed by atoms with Gasteiger partial charge >= 0.3 is 0 Å². The van der Waals surface area contributed by atoms with E-state index < -0.39 is 0 Å². The highest BCUT2D eigenvalue weighted by Gasteiger charge is 2.21. The predicted molar refractivity (Wildman–Crippen MR) is 69.1 cm³/mol. The number of carbonyl (C=O) groups is 1. The van der Waals surface area contributed by atoms with Gasteiger partial charge in [-0.2, -0.15) is 11.8 Å². The van der Waals surface area contributed by atoms with E-state index in [1.54, 1.807) is 12.1 Å². The van der Waals surface area contributed by atoms with Gasteiger partial charge in [0.15, 0.2) is 5.78 Å². The number of rotatable bonds is 3. The van der Waals surface area contributed by atoms with Crippen LogP contribution in [0.1, 0.15) is 17.3 Å². The Kier molecular flexibility index (Phi) is 4.18. The number of Topliss-reactive ketones (excluding diaryl/α,β-unsaturated/α-hetero) is 1. The molecule has 0 spiro atoms. The number of carbonyl (C=O) groups excluding carboxylic acids is 1. The molecule has 0 radical (unpaired) electrons. The van der Waals surface area contributed by atoms with Gasteiger partial charge in [0.1, 0.15) is 5.82 Å². The molecule has 17 heavy (non-hydrogen) atoms. The monoisotopic (exact) mass is 253 g/mol. The molecule has 0 bridgehead atoms. The van der Waals surface area contributed by atoms with Crippen molar-refractivity contribution >= 4 is 17.5 Å². The van der Waals surface area contributed by atoms with Crippen molar-refractivity contribution in [2.24, 2.45) is 0 Å². The van der Waals surface area contributed by atoms with E-state index >= 15 is 0 Å². The zero-order valence-electron chi connectivity index (χ0n) is 9.86. The van der Waals surface area contributed by atoms with Crippen LogP contribution in [0.15, 0.2) is 24.3 Å². The SMILES string of the molecule is CC1CSCCN1CC(=O)c1cccc(F)c1. The molecule has 2 rings (SSSR count). The molecule has 4 heteroatoms. The van der Waals surface area contributed by atoms with Crippen LogP contribution in [0.3, 0.4) is 0 Å². The van der Waals surface area contributed by atoms with Gasteiger partial charge in [-0.1, -0.05) is 12.1 Å². The molecule has 1 aliphatic rings. The first-order valence-corrected chi connectivity index (χ1v) is 6.93. The van der Waals surface area contributed by atoms with Gasteiger partial charge in [-0.25, -0.2) is 4.39 Å². The van der Waals surface area contributed by atoms with Crippen molar-refractivity contribution < 1.29 is 9.18 Å². The molecule has 1 aliphatic heterocycles. The fraction of sp³-hybridized carbons (Fsp3) is 0.462. The lowest BCUT2D eigenvalue weighted by Gasteiger charge is -2.32. The van der Waals surface area contributed by atoms with Crippen LogP contribution in [-0.2, 0) is 0 Å². The van der Waals surface area contributed by atoms with Gasteiger partial charge in [0.2, 0.25) is 0 Å². The van der Waals surface area contributed by atoms with Crippen LogP contribution in [0, 0.1) is 5.82 Å². The molecule has 1 saturated heterocycles. The van der Waals surface area contributed by atoms with Gasteiger partial charge in [0.05, 0.1) is 6.54 Å². The number of ketones is 1. The third-order valence-electron chi connectivity index (χ3n) is 3.00. The van der Waals surface area contributed by atoms with Gasteiger partial charge in [0.25, 0.3) is 0 Å². The standard InChI is InChI=1S/C13H16FNOS/c1-10-9-17-6-5-15(10)8-13(16)11-3-2-4-12(14)7-11/h2-4,7,10H,5-6,8-9H2,1H3. The second-order valence-corrected chi connectivity index (χ2v) is 5.48. The minimum Gasteiger partial charge on any atom is -0.293 e. The van der Waals surface area contributed by atoms with E-state index in [0.29, 0.717) is 18.2 Å². The first-order valence-electron chi connectivity index (χ1n) is 5.77. The summed E-state index contributed by atoms with van der Waals surface area (Å²) in [4.78, 5) is 14.2. The Morgan fingerprint density at radius 3 is 3.12 bits per heavy atom. The maximum atomic E-state index is 13.0. The third-order valence-corrected chi connectivity index (χ3v) is 4.19. The molecule has 1 heterocycles. The number of nitrogens with zero attached hydrogens (tertiary/aromatic N) is 1. The summed E-state index contributed by atoms with van der Waals surface area (Å²) >= 11 is 1.92. The number of benzene rings is 1. The average Bonchev–Trinajstić information content (AvgIpc) is 2.32. The van der Waals surface area contributed by atoms with E-state index in [9.17, 15) is 9.18 Å². The molecule has 1 aromatic carbocycles. The van der Waals surface area contributed by atoms with Crippen molar-refractivity contribution in [1.82, 2.24) is 4.90 Å². The van der Waals surface area contributed by atoms with E-state index in [2.05, 4.69) is 11.8 Å². The quantitative estimate of drug-likeness (QED) is 0.772. The summed E-state index contributed by atoms with van der Waals surface area (Å²) in [6.07, 6.45) is 0. The number of thioether (sulfide) groups is 1. The Morgan fingerprint density at radius 2 is 2.41 bits per heavy atom. The van der Waals surface area contributed by atoms with Crippen molar-refractivity contribution in [3.63, 3.8) is 0 Å². The first kappa shape index (κ1) is 12.6. The lowest BCUT2D eigenvalue weighted by atomic mass is 10.1. The Balaban J connectivity index is 2.01. The zero-order valence-corrected chi connectivity index (χ0v) is 10.7. The molecule has 92 valence electrons. The van der Waals surface area contributed by atoms with Crippen molar-refractivity contribution in [2.45, 2.75) is 13.0 Å². The lowest BCUT2D eigenvalue weighted by Crippen LogP contribution is -2.43. The zero-order chi connectivity index (χ0) is 12.3. The predicted octanol–water partition coefficient (Wildman–Crippen LogP) is 2.45. The molecule has 0 amide bonds. The summed E-state index contributed by atoms with van der Waals surface area (Å²) in [7, 11) is 0. The second kappa shape index (κ2) is 5.65. The van der Waals surface area contributed by atoms with Gasteiger partial charge in [-0.05, 0) is 19.1 Å². The Labute approximate surface area is 105 Å². The molecule has 0 saturated carbocycles. The van der Waals surface area contributed by atoms with Crippen molar-refractivity contribution in [2.75, 3.05) is 24.6 Å². The van der Waals surface area contributed by atoms with Crippen LogP contribution in [-0.4, -0.2) is 41.3 Å². The molecule has 0 aliphatic carbocycles. The van der Waals surface area contributed by atoms with Crippen LogP contribution >= 0.6 is 11.8 Å². The van der Waals surface area contributed by atoms with E-state index in [4.69, 9.17) is 0 Å². The highest BCUT2D eigenvalue weighted by molar-refractivity contribution is 7.99. The topological polar surface area (TPSA) is 20.3 Å². The highest BCUT2D eigenvalue weighted by atomic mass is 32.2. The summed E-state index contributed by atoms with van der Waals surface area (Å²) in [6.45, 7) is 3.46. The van der Waals surface area contributed by atoms with Gasteiger partial charge in [0, 0.05) is 29.7 Å². The molecule has 1 unspecified atom stereocenters. The highest BCUT2D eigenvalue weighted by Crippen LogP contribution is 2.16. The summed E-state index contributed by atoms with van der Waals surface area (Å²) in [5.74, 6) is 1.79. The third kappa shape index (κ3) is 3.30. The normalized spacial score (nSPS) is 21.4. The first-order chi connectivity index (χ1) is 8.16. The fourth-order valence-electron chi connectivity index (χ4n) is 1.93. The van der Waals surface area contributed by atoms with Crippen LogP contribution < -0.4 is 0 Å². The summed E-state index contributed by atoms with van der Waals surface area (Å²) < 4.78 is 13.0. The van der Waals surface area contributed by atoms with Crippen molar-refractivity contribution in [3.8, 4) is 0 Å². The van der Waals surface area contributed by atoms with E-state index in [-0.39, 0.29) is 11.6 Å². The lowest BCUT2D eigenvalue weighted by molar-refractivity contribution is 0.0910. The smallest absolute Gasteiger partial charge is 0.176 e. The molecule has 0 N–H and O–H groups in total. The van der Waals surface area contributed by atoms with Crippen LogP contribution in [0.25, 0.3) is 0 Å². The van der Waals surface area contributed by atoms with Crippen molar-refractivity contribution in [1.29, 1.82) is 0 Å².